The fourth-order valence-electron chi connectivity index (χ4n) is 2.74. The van der Waals surface area contributed by atoms with Crippen molar-refractivity contribution >= 4 is 17.8 Å². The average molecular weight is 330 g/mol. The molecule has 0 bridgehead atoms. The van der Waals surface area contributed by atoms with Crippen LogP contribution in [0.3, 0.4) is 0 Å². The van der Waals surface area contributed by atoms with Crippen LogP contribution in [0.25, 0.3) is 0 Å². The predicted molar refractivity (Wildman–Crippen MR) is 96.0 cm³/mol. The van der Waals surface area contributed by atoms with E-state index in [1.165, 1.54) is 0 Å². The predicted octanol–water partition coefficient (Wildman–Crippen LogP) is 2.76. The number of carbonyl (C=O) groups excluding carboxylic acids is 1. The van der Waals surface area contributed by atoms with Crippen LogP contribution in [0, 0.1) is 0 Å². The molecule has 130 valence electrons. The highest BCUT2D eigenvalue weighted by Crippen LogP contribution is 2.19. The van der Waals surface area contributed by atoms with Crippen LogP contribution in [-0.2, 0) is 4.79 Å². The monoisotopic (exact) mass is 330 g/mol. The summed E-state index contributed by atoms with van der Waals surface area (Å²) in [6, 6.07) is 10.2. The maximum absolute atomic E-state index is 10.9. The Bertz CT molecular complexity index is 559. The van der Waals surface area contributed by atoms with Crippen LogP contribution in [0.15, 0.2) is 47.6 Å². The lowest BCUT2D eigenvalue weighted by molar-refractivity contribution is -0.129. The molecule has 6 heteroatoms. The van der Waals surface area contributed by atoms with Crippen molar-refractivity contribution in [1.29, 1.82) is 0 Å². The molecule has 24 heavy (non-hydrogen) atoms. The number of hydrogen-bond acceptors (Lipinski definition) is 5. The summed E-state index contributed by atoms with van der Waals surface area (Å²) in [6.45, 7) is 0.919. The van der Waals surface area contributed by atoms with Crippen molar-refractivity contribution in [3.8, 4) is 0 Å². The molecule has 0 radical (unpaired) electrons. The normalized spacial score (nSPS) is 16.2. The van der Waals surface area contributed by atoms with Crippen molar-refractivity contribution in [2.24, 2.45) is 4.99 Å². The number of aliphatic imine (C=N–C) groups is 1. The zero-order chi connectivity index (χ0) is 17.2. The summed E-state index contributed by atoms with van der Waals surface area (Å²) in [7, 11) is 2.05. The highest BCUT2D eigenvalue weighted by Gasteiger charge is 2.20. The summed E-state index contributed by atoms with van der Waals surface area (Å²) in [5, 5.41) is 8.45. The summed E-state index contributed by atoms with van der Waals surface area (Å²) < 4.78 is 0. The molecule has 1 unspecified atom stereocenters. The minimum Gasteiger partial charge on any atom is -0.339 e. The fourth-order valence-corrected chi connectivity index (χ4v) is 2.74. The number of para-hydroxylation sites is 1. The molecule has 0 spiro atoms. The van der Waals surface area contributed by atoms with E-state index < -0.39 is 0 Å². The van der Waals surface area contributed by atoms with Crippen molar-refractivity contribution < 1.29 is 10.0 Å². The molecule has 2 rings (SSSR count). The van der Waals surface area contributed by atoms with Gasteiger partial charge >= 0.3 is 0 Å². The number of carbonyl (C=O) groups is 1. The van der Waals surface area contributed by atoms with E-state index in [4.69, 9.17) is 5.21 Å². The summed E-state index contributed by atoms with van der Waals surface area (Å²) in [5.74, 6) is -0.312. The van der Waals surface area contributed by atoms with Crippen LogP contribution in [0.2, 0.25) is 0 Å². The number of unbranched alkanes of at least 4 members (excludes halogenated alkanes) is 3. The fraction of sp³-hybridized carbons (Fsp3) is 0.444. The second-order valence-electron chi connectivity index (χ2n) is 5.87. The number of allylic oxidation sites excluding steroid dienone is 1. The SMILES string of the molecule is CN(c1ccccc1)C1N=CC=CN1CCCCCCC(=O)NO. The highest BCUT2D eigenvalue weighted by molar-refractivity contribution is 5.74. The molecule has 2 N–H and O–H groups in total. The van der Waals surface area contributed by atoms with E-state index in [2.05, 4.69) is 40.2 Å². The second-order valence-corrected chi connectivity index (χ2v) is 5.87. The Labute approximate surface area is 143 Å². The average Bonchev–Trinajstić information content (AvgIpc) is 2.64. The first-order valence-electron chi connectivity index (χ1n) is 8.39. The molecule has 0 fully saturated rings. The number of rotatable bonds is 9. The molecule has 1 aromatic carbocycles. The number of nitrogens with one attached hydrogen (secondary N) is 1. The van der Waals surface area contributed by atoms with Crippen LogP contribution in [0.1, 0.15) is 32.1 Å². The third-order valence-electron chi connectivity index (χ3n) is 4.08. The molecule has 0 aliphatic carbocycles. The molecule has 1 amide bonds. The van der Waals surface area contributed by atoms with Gasteiger partial charge in [-0.2, -0.15) is 0 Å². The quantitative estimate of drug-likeness (QED) is 0.415. The van der Waals surface area contributed by atoms with E-state index in [-0.39, 0.29) is 12.2 Å². The molecule has 1 aliphatic heterocycles. The molecule has 0 aromatic heterocycles. The maximum atomic E-state index is 10.9. The zero-order valence-corrected chi connectivity index (χ0v) is 14.1. The standard InChI is InChI=1S/C18H26N4O2/c1-21(16-10-5-4-6-11-16)18-19-13-9-15-22(18)14-8-3-2-7-12-17(23)20-24/h4-6,9-11,13,15,18,24H,2-3,7-8,12,14H2,1H3,(H,20,23). The van der Waals surface area contributed by atoms with E-state index in [9.17, 15) is 4.79 Å². The van der Waals surface area contributed by atoms with Gasteiger partial charge in [0.1, 0.15) is 0 Å². The molecule has 1 aliphatic rings. The first-order chi connectivity index (χ1) is 11.7. The molecule has 1 atom stereocenters. The number of nitrogens with zero attached hydrogens (tertiary/aromatic N) is 3. The minimum atomic E-state index is -0.312. The first kappa shape index (κ1) is 18.0. The van der Waals surface area contributed by atoms with Gasteiger partial charge in [-0.25, -0.2) is 10.5 Å². The van der Waals surface area contributed by atoms with Crippen molar-refractivity contribution in [3.05, 3.63) is 42.6 Å². The Morgan fingerprint density at radius 2 is 2.00 bits per heavy atom. The van der Waals surface area contributed by atoms with E-state index in [1.54, 1.807) is 5.48 Å². The van der Waals surface area contributed by atoms with E-state index in [0.717, 1.165) is 37.9 Å². The van der Waals surface area contributed by atoms with Gasteiger partial charge in [0.2, 0.25) is 5.91 Å². The van der Waals surface area contributed by atoms with Crippen LogP contribution in [0.4, 0.5) is 5.69 Å². The van der Waals surface area contributed by atoms with Crippen molar-refractivity contribution in [1.82, 2.24) is 10.4 Å². The second kappa shape index (κ2) is 9.72. The molecule has 1 aromatic rings. The van der Waals surface area contributed by atoms with Gasteiger partial charge in [0.25, 0.3) is 0 Å². The summed E-state index contributed by atoms with van der Waals surface area (Å²) in [5.41, 5.74) is 2.80. The summed E-state index contributed by atoms with van der Waals surface area (Å²) >= 11 is 0. The van der Waals surface area contributed by atoms with Gasteiger partial charge in [0, 0.05) is 38.1 Å². The van der Waals surface area contributed by atoms with Crippen molar-refractivity contribution in [2.45, 2.75) is 38.4 Å². The topological polar surface area (TPSA) is 68.2 Å². The number of amides is 1. The minimum absolute atomic E-state index is 0.0300. The Morgan fingerprint density at radius 3 is 2.75 bits per heavy atom. The number of anilines is 1. The van der Waals surface area contributed by atoms with Crippen LogP contribution >= 0.6 is 0 Å². The zero-order valence-electron chi connectivity index (χ0n) is 14.1. The molecule has 0 saturated heterocycles. The summed E-state index contributed by atoms with van der Waals surface area (Å²) in [6.07, 6.45) is 10.1. The van der Waals surface area contributed by atoms with Gasteiger partial charge in [0.15, 0.2) is 6.29 Å². The van der Waals surface area contributed by atoms with Crippen LogP contribution < -0.4 is 10.4 Å². The molecule has 1 heterocycles. The Balaban J connectivity index is 1.77. The van der Waals surface area contributed by atoms with E-state index >= 15 is 0 Å². The van der Waals surface area contributed by atoms with Gasteiger partial charge < -0.3 is 9.80 Å². The highest BCUT2D eigenvalue weighted by atomic mass is 16.5. The molecular weight excluding hydrogens is 304 g/mol. The molecular formula is C18H26N4O2. The number of benzene rings is 1. The Morgan fingerprint density at radius 1 is 1.25 bits per heavy atom. The van der Waals surface area contributed by atoms with Crippen molar-refractivity contribution in [3.63, 3.8) is 0 Å². The van der Waals surface area contributed by atoms with Gasteiger partial charge in [-0.3, -0.25) is 10.0 Å². The van der Waals surface area contributed by atoms with Gasteiger partial charge in [-0.15, -0.1) is 0 Å². The lowest BCUT2D eigenvalue weighted by Crippen LogP contribution is -2.44. The van der Waals surface area contributed by atoms with Crippen molar-refractivity contribution in [2.75, 3.05) is 18.5 Å². The van der Waals surface area contributed by atoms with E-state index in [0.29, 0.717) is 6.42 Å². The third-order valence-corrected chi connectivity index (χ3v) is 4.08. The Hall–Kier alpha value is -2.34. The Kier molecular flexibility index (Phi) is 7.29. The number of hydroxylamine groups is 1. The van der Waals surface area contributed by atoms with E-state index in [1.807, 2.05) is 30.5 Å². The van der Waals surface area contributed by atoms with Crippen LogP contribution in [-0.4, -0.2) is 42.1 Å². The lowest BCUT2D eigenvalue weighted by atomic mass is 10.1. The van der Waals surface area contributed by atoms with Gasteiger partial charge in [0.05, 0.1) is 0 Å². The largest absolute Gasteiger partial charge is 0.339 e. The third kappa shape index (κ3) is 5.38. The van der Waals surface area contributed by atoms with Gasteiger partial charge in [-0.05, 0) is 31.1 Å². The summed E-state index contributed by atoms with van der Waals surface area (Å²) in [4.78, 5) is 19.9. The van der Waals surface area contributed by atoms with Crippen LogP contribution in [0.5, 0.6) is 0 Å². The molecule has 0 saturated carbocycles. The number of hydrogen-bond donors (Lipinski definition) is 2. The van der Waals surface area contributed by atoms with Gasteiger partial charge in [-0.1, -0.05) is 31.0 Å². The maximum Gasteiger partial charge on any atom is 0.243 e. The smallest absolute Gasteiger partial charge is 0.243 e. The molecule has 6 nitrogen and oxygen atoms in total. The first-order valence-corrected chi connectivity index (χ1v) is 8.39. The lowest BCUT2D eigenvalue weighted by Gasteiger charge is -2.37.